The maximum absolute atomic E-state index is 13.0. The highest BCUT2D eigenvalue weighted by atomic mass is 32.2. The van der Waals surface area contributed by atoms with Crippen LogP contribution in [-0.2, 0) is 19.6 Å². The van der Waals surface area contributed by atoms with Gasteiger partial charge < -0.3 is 4.74 Å². The number of benzene rings is 1. The van der Waals surface area contributed by atoms with E-state index in [9.17, 15) is 18.0 Å². The van der Waals surface area contributed by atoms with Crippen molar-refractivity contribution in [3.05, 3.63) is 29.3 Å². The largest absolute Gasteiger partial charge is 0.454 e. The van der Waals surface area contributed by atoms with E-state index >= 15 is 0 Å². The molecule has 1 N–H and O–H groups in total. The number of aryl methyl sites for hydroxylation is 1. The lowest BCUT2D eigenvalue weighted by Gasteiger charge is -2.55. The van der Waals surface area contributed by atoms with Gasteiger partial charge in [0.25, 0.3) is 0 Å². The van der Waals surface area contributed by atoms with Gasteiger partial charge in [-0.3, -0.25) is 4.79 Å². The fourth-order valence-electron chi connectivity index (χ4n) is 6.08. The van der Waals surface area contributed by atoms with Crippen molar-refractivity contribution in [2.75, 3.05) is 13.2 Å². The van der Waals surface area contributed by atoms with Crippen molar-refractivity contribution < 1.29 is 22.7 Å². The van der Waals surface area contributed by atoms with Gasteiger partial charge in [-0.1, -0.05) is 13.0 Å². The minimum Gasteiger partial charge on any atom is -0.454 e. The number of esters is 1. The Morgan fingerprint density at radius 1 is 1.10 bits per heavy atom. The molecule has 0 amide bonds. The standard InChI is InChI=1S/C22H29NO5S/c1-3-23-29(26,27)18-5-4-14(2)19(9-18)21(25)28-13-20(24)22-10-15-6-16(11-22)8-17(7-15)12-22/h4-5,9,15-17,23H,3,6-8,10-13H2,1-2H3. The summed E-state index contributed by atoms with van der Waals surface area (Å²) in [4.78, 5) is 25.7. The molecule has 0 aliphatic heterocycles. The Balaban J connectivity index is 1.46. The first-order valence-corrected chi connectivity index (χ1v) is 12.0. The summed E-state index contributed by atoms with van der Waals surface area (Å²) in [6.07, 6.45) is 6.55. The van der Waals surface area contributed by atoms with Crippen molar-refractivity contribution in [3.63, 3.8) is 0 Å². The van der Waals surface area contributed by atoms with Crippen LogP contribution in [0.4, 0.5) is 0 Å². The lowest BCUT2D eigenvalue weighted by atomic mass is 9.48. The number of hydrogen-bond donors (Lipinski definition) is 1. The van der Waals surface area contributed by atoms with Crippen molar-refractivity contribution >= 4 is 21.8 Å². The Morgan fingerprint density at radius 3 is 2.24 bits per heavy atom. The molecule has 0 radical (unpaired) electrons. The Hall–Kier alpha value is -1.73. The van der Waals surface area contributed by atoms with E-state index in [1.807, 2.05) is 0 Å². The van der Waals surface area contributed by atoms with Crippen LogP contribution in [0.3, 0.4) is 0 Å². The van der Waals surface area contributed by atoms with Crippen molar-refractivity contribution in [2.24, 2.45) is 23.2 Å². The van der Waals surface area contributed by atoms with Gasteiger partial charge in [0, 0.05) is 12.0 Å². The Morgan fingerprint density at radius 2 is 1.69 bits per heavy atom. The summed E-state index contributed by atoms with van der Waals surface area (Å²) in [6.45, 7) is 3.45. The molecule has 0 atom stereocenters. The Labute approximate surface area is 172 Å². The Bertz CT molecular complexity index is 901. The summed E-state index contributed by atoms with van der Waals surface area (Å²) >= 11 is 0. The number of Topliss-reactive ketones (excluding diaryl/α,β-unsaturated/α-hetero) is 1. The number of carbonyl (C=O) groups is 2. The molecule has 1 aromatic carbocycles. The number of nitrogens with one attached hydrogen (secondary N) is 1. The molecule has 4 bridgehead atoms. The zero-order chi connectivity index (χ0) is 20.8. The smallest absolute Gasteiger partial charge is 0.338 e. The van der Waals surface area contributed by atoms with Gasteiger partial charge in [0.05, 0.1) is 10.5 Å². The third-order valence-corrected chi connectivity index (χ3v) is 8.58. The third-order valence-electron chi connectivity index (χ3n) is 7.04. The zero-order valence-electron chi connectivity index (χ0n) is 17.1. The number of hydrogen-bond acceptors (Lipinski definition) is 5. The quantitative estimate of drug-likeness (QED) is 0.686. The number of rotatable bonds is 7. The molecule has 0 saturated heterocycles. The van der Waals surface area contributed by atoms with Gasteiger partial charge in [-0.05, 0) is 80.9 Å². The molecular formula is C22H29NO5S. The average Bonchev–Trinajstić information content (AvgIpc) is 2.65. The highest BCUT2D eigenvalue weighted by molar-refractivity contribution is 7.89. The van der Waals surface area contributed by atoms with Crippen molar-refractivity contribution in [1.29, 1.82) is 0 Å². The predicted molar refractivity (Wildman–Crippen MR) is 108 cm³/mol. The number of carbonyl (C=O) groups excluding carboxylic acids is 2. The molecule has 4 aliphatic carbocycles. The lowest BCUT2D eigenvalue weighted by molar-refractivity contribution is -0.147. The van der Waals surface area contributed by atoms with E-state index in [0.29, 0.717) is 23.3 Å². The second kappa shape index (κ2) is 7.51. The summed E-state index contributed by atoms with van der Waals surface area (Å²) in [7, 11) is -3.67. The minimum absolute atomic E-state index is 0.0179. The summed E-state index contributed by atoms with van der Waals surface area (Å²) in [5, 5.41) is 0. The number of ketones is 1. The van der Waals surface area contributed by atoms with E-state index in [2.05, 4.69) is 4.72 Å². The predicted octanol–water partition coefficient (Wildman–Crippen LogP) is 3.24. The highest BCUT2D eigenvalue weighted by Crippen LogP contribution is 2.60. The molecule has 6 nitrogen and oxygen atoms in total. The molecule has 29 heavy (non-hydrogen) atoms. The van der Waals surface area contributed by atoms with E-state index in [1.54, 1.807) is 19.9 Å². The van der Waals surface area contributed by atoms with Crippen LogP contribution < -0.4 is 4.72 Å². The van der Waals surface area contributed by atoms with Crippen LogP contribution in [0.15, 0.2) is 23.1 Å². The highest BCUT2D eigenvalue weighted by Gasteiger charge is 2.54. The number of sulfonamides is 1. The zero-order valence-corrected chi connectivity index (χ0v) is 17.9. The van der Waals surface area contributed by atoms with Gasteiger partial charge in [-0.2, -0.15) is 0 Å². The first-order valence-electron chi connectivity index (χ1n) is 10.5. The van der Waals surface area contributed by atoms with Gasteiger partial charge in [0.2, 0.25) is 10.0 Å². The first kappa shape index (κ1) is 20.5. The fourth-order valence-corrected chi connectivity index (χ4v) is 7.14. The van der Waals surface area contributed by atoms with E-state index in [-0.39, 0.29) is 34.8 Å². The molecule has 0 aromatic heterocycles. The summed E-state index contributed by atoms with van der Waals surface area (Å²) in [5.74, 6) is 1.34. The average molecular weight is 420 g/mol. The van der Waals surface area contributed by atoms with E-state index in [0.717, 1.165) is 19.3 Å². The van der Waals surface area contributed by atoms with Crippen LogP contribution >= 0.6 is 0 Å². The van der Waals surface area contributed by atoms with Gasteiger partial charge in [0.1, 0.15) is 0 Å². The van der Waals surface area contributed by atoms with Crippen molar-refractivity contribution in [1.82, 2.24) is 4.72 Å². The van der Waals surface area contributed by atoms with E-state index < -0.39 is 16.0 Å². The second-order valence-corrected chi connectivity index (χ2v) is 10.9. The molecule has 4 fully saturated rings. The topological polar surface area (TPSA) is 89.5 Å². The maximum Gasteiger partial charge on any atom is 0.338 e. The van der Waals surface area contributed by atoms with Crippen molar-refractivity contribution in [3.8, 4) is 0 Å². The first-order chi connectivity index (χ1) is 13.7. The molecule has 0 spiro atoms. The van der Waals surface area contributed by atoms with Gasteiger partial charge >= 0.3 is 5.97 Å². The maximum atomic E-state index is 13.0. The van der Waals surface area contributed by atoms with Crippen LogP contribution in [0.5, 0.6) is 0 Å². The molecule has 5 rings (SSSR count). The van der Waals surface area contributed by atoms with Crippen LogP contribution in [0.1, 0.15) is 61.4 Å². The molecule has 1 aromatic rings. The number of ether oxygens (including phenoxy) is 1. The van der Waals surface area contributed by atoms with E-state index in [1.165, 1.54) is 31.4 Å². The van der Waals surface area contributed by atoms with Gasteiger partial charge in [-0.25, -0.2) is 17.9 Å². The van der Waals surface area contributed by atoms with Crippen molar-refractivity contribution in [2.45, 2.75) is 57.3 Å². The lowest BCUT2D eigenvalue weighted by Crippen LogP contribution is -2.51. The molecule has 4 saturated carbocycles. The normalized spacial score (nSPS) is 30.3. The summed E-state index contributed by atoms with van der Waals surface area (Å²) in [5.41, 5.74) is 0.496. The van der Waals surface area contributed by atoms with Crippen LogP contribution in [0.25, 0.3) is 0 Å². The van der Waals surface area contributed by atoms with E-state index in [4.69, 9.17) is 4.74 Å². The third kappa shape index (κ3) is 3.87. The molecule has 0 unspecified atom stereocenters. The Kier molecular flexibility index (Phi) is 5.32. The minimum atomic E-state index is -3.67. The van der Waals surface area contributed by atoms with Gasteiger partial charge in [0.15, 0.2) is 12.4 Å². The molecule has 4 aliphatic rings. The van der Waals surface area contributed by atoms with Crippen LogP contribution in [-0.4, -0.2) is 33.3 Å². The monoisotopic (exact) mass is 419 g/mol. The second-order valence-electron chi connectivity index (χ2n) is 9.18. The van der Waals surface area contributed by atoms with Crippen LogP contribution in [0, 0.1) is 30.1 Å². The molecule has 158 valence electrons. The van der Waals surface area contributed by atoms with Gasteiger partial charge in [-0.15, -0.1) is 0 Å². The van der Waals surface area contributed by atoms with Crippen LogP contribution in [0.2, 0.25) is 0 Å². The molecular weight excluding hydrogens is 390 g/mol. The summed E-state index contributed by atoms with van der Waals surface area (Å²) in [6, 6.07) is 4.37. The molecule has 0 heterocycles. The molecule has 7 heteroatoms. The SMILES string of the molecule is CCNS(=O)(=O)c1ccc(C)c(C(=O)OCC(=O)C23CC4CC(CC(C4)C2)C3)c1. The fraction of sp³-hybridized carbons (Fsp3) is 0.636. The summed E-state index contributed by atoms with van der Waals surface area (Å²) < 4.78 is 32.3.